The van der Waals surface area contributed by atoms with E-state index in [-0.39, 0.29) is 16.5 Å². The number of para-hydroxylation sites is 1. The third-order valence-corrected chi connectivity index (χ3v) is 3.25. The molecule has 0 saturated carbocycles. The molecule has 0 atom stereocenters. The molecular weight excluding hydrogens is 307 g/mol. The number of hydrogen-bond donors (Lipinski definition) is 0. The van der Waals surface area contributed by atoms with E-state index in [0.29, 0.717) is 0 Å². The number of carbonyl (C=O) groups excluding carboxylic acids is 1. The van der Waals surface area contributed by atoms with Gasteiger partial charge in [-0.3, -0.25) is 0 Å². The predicted octanol–water partition coefficient (Wildman–Crippen LogP) is 3.88. The van der Waals surface area contributed by atoms with Gasteiger partial charge in [0.25, 0.3) is 0 Å². The van der Waals surface area contributed by atoms with E-state index in [2.05, 4.69) is 5.10 Å². The average Bonchev–Trinajstić information content (AvgIpc) is 2.96. The van der Waals surface area contributed by atoms with Gasteiger partial charge in [0.15, 0.2) is 0 Å². The van der Waals surface area contributed by atoms with Gasteiger partial charge in [-0.1, -0.05) is 29.8 Å². The first-order valence-corrected chi connectivity index (χ1v) is 6.79. The Morgan fingerprint density at radius 3 is 2.64 bits per heavy atom. The standard InChI is InChI=1S/C16H10ClFN2O2/c17-14-10-11(18)6-7-13(14)16(21)22-15-8-9-20(19-15)12-4-2-1-3-5-12/h1-10H. The molecule has 0 fully saturated rings. The Hall–Kier alpha value is -2.66. The van der Waals surface area contributed by atoms with Gasteiger partial charge in [-0.15, -0.1) is 5.10 Å². The summed E-state index contributed by atoms with van der Waals surface area (Å²) in [6.45, 7) is 0. The number of aromatic nitrogens is 2. The van der Waals surface area contributed by atoms with Gasteiger partial charge >= 0.3 is 5.97 Å². The molecule has 3 aromatic rings. The van der Waals surface area contributed by atoms with Gasteiger partial charge in [0.2, 0.25) is 5.88 Å². The fraction of sp³-hybridized carbons (Fsp3) is 0. The van der Waals surface area contributed by atoms with Gasteiger partial charge in [0.05, 0.1) is 16.3 Å². The molecule has 6 heteroatoms. The Morgan fingerprint density at radius 1 is 1.14 bits per heavy atom. The average molecular weight is 317 g/mol. The zero-order valence-corrected chi connectivity index (χ0v) is 12.0. The Labute approximate surface area is 130 Å². The summed E-state index contributed by atoms with van der Waals surface area (Å²) in [5.41, 5.74) is 0.918. The zero-order valence-electron chi connectivity index (χ0n) is 11.2. The predicted molar refractivity (Wildman–Crippen MR) is 79.9 cm³/mol. The van der Waals surface area contributed by atoms with Crippen molar-refractivity contribution < 1.29 is 13.9 Å². The maximum Gasteiger partial charge on any atom is 0.346 e. The highest BCUT2D eigenvalue weighted by atomic mass is 35.5. The maximum absolute atomic E-state index is 13.0. The summed E-state index contributed by atoms with van der Waals surface area (Å²) in [6.07, 6.45) is 1.67. The molecule has 4 nitrogen and oxygen atoms in total. The molecule has 0 aliphatic rings. The molecule has 0 amide bonds. The Kier molecular flexibility index (Phi) is 3.89. The third kappa shape index (κ3) is 2.99. The van der Waals surface area contributed by atoms with E-state index in [1.54, 1.807) is 16.9 Å². The topological polar surface area (TPSA) is 44.1 Å². The Balaban J connectivity index is 1.79. The van der Waals surface area contributed by atoms with Crippen molar-refractivity contribution in [2.75, 3.05) is 0 Å². The summed E-state index contributed by atoms with van der Waals surface area (Å²) in [5.74, 6) is -1.08. The van der Waals surface area contributed by atoms with Crippen LogP contribution in [0.3, 0.4) is 0 Å². The monoisotopic (exact) mass is 316 g/mol. The van der Waals surface area contributed by atoms with Crippen molar-refractivity contribution in [1.29, 1.82) is 0 Å². The highest BCUT2D eigenvalue weighted by Crippen LogP contribution is 2.20. The van der Waals surface area contributed by atoms with Crippen molar-refractivity contribution in [2.24, 2.45) is 0 Å². The highest BCUT2D eigenvalue weighted by molar-refractivity contribution is 6.33. The molecule has 3 rings (SSSR count). The lowest BCUT2D eigenvalue weighted by atomic mass is 10.2. The molecule has 0 aliphatic carbocycles. The normalized spacial score (nSPS) is 10.5. The summed E-state index contributed by atoms with van der Waals surface area (Å²) in [6, 6.07) is 14.4. The van der Waals surface area contributed by atoms with Gasteiger partial charge in [-0.2, -0.15) is 0 Å². The number of halogens is 2. The molecule has 110 valence electrons. The zero-order chi connectivity index (χ0) is 15.5. The Morgan fingerprint density at radius 2 is 1.91 bits per heavy atom. The molecule has 1 heterocycles. The van der Waals surface area contributed by atoms with Crippen LogP contribution in [0.25, 0.3) is 5.69 Å². The van der Waals surface area contributed by atoms with Crippen LogP contribution in [0, 0.1) is 5.82 Å². The lowest BCUT2D eigenvalue weighted by molar-refractivity contribution is 0.0727. The minimum absolute atomic E-state index is 0.00695. The van der Waals surface area contributed by atoms with E-state index in [1.165, 1.54) is 6.07 Å². The molecule has 0 aliphatic heterocycles. The first-order valence-electron chi connectivity index (χ1n) is 6.42. The van der Waals surface area contributed by atoms with Gasteiger partial charge in [0, 0.05) is 12.3 Å². The second-order valence-corrected chi connectivity index (χ2v) is 4.85. The molecule has 0 radical (unpaired) electrons. The van der Waals surface area contributed by atoms with Crippen LogP contribution in [-0.4, -0.2) is 15.7 Å². The molecular formula is C16H10ClFN2O2. The van der Waals surface area contributed by atoms with Gasteiger partial charge in [-0.25, -0.2) is 13.9 Å². The molecule has 22 heavy (non-hydrogen) atoms. The molecule has 0 spiro atoms. The van der Waals surface area contributed by atoms with Gasteiger partial charge < -0.3 is 4.74 Å². The van der Waals surface area contributed by atoms with Crippen molar-refractivity contribution in [3.8, 4) is 11.6 Å². The fourth-order valence-electron chi connectivity index (χ4n) is 1.89. The van der Waals surface area contributed by atoms with Crippen molar-refractivity contribution in [3.05, 3.63) is 77.2 Å². The van der Waals surface area contributed by atoms with E-state index in [1.807, 2.05) is 30.3 Å². The van der Waals surface area contributed by atoms with Crippen LogP contribution in [0.4, 0.5) is 4.39 Å². The van der Waals surface area contributed by atoms with Crippen LogP contribution in [0.1, 0.15) is 10.4 Å². The van der Waals surface area contributed by atoms with Crippen LogP contribution in [0.5, 0.6) is 5.88 Å². The van der Waals surface area contributed by atoms with Crippen LogP contribution in [-0.2, 0) is 0 Å². The number of nitrogens with zero attached hydrogens (tertiary/aromatic N) is 2. The maximum atomic E-state index is 13.0. The molecule has 0 saturated heterocycles. The van der Waals surface area contributed by atoms with E-state index < -0.39 is 11.8 Å². The second-order valence-electron chi connectivity index (χ2n) is 4.45. The summed E-state index contributed by atoms with van der Waals surface area (Å²) < 4.78 is 19.7. The molecule has 0 unspecified atom stereocenters. The van der Waals surface area contributed by atoms with Crippen molar-refractivity contribution in [3.63, 3.8) is 0 Å². The quantitative estimate of drug-likeness (QED) is 0.689. The Bertz CT molecular complexity index is 818. The summed E-state index contributed by atoms with van der Waals surface area (Å²) in [7, 11) is 0. The van der Waals surface area contributed by atoms with E-state index in [9.17, 15) is 9.18 Å². The lowest BCUT2D eigenvalue weighted by Crippen LogP contribution is -2.10. The summed E-state index contributed by atoms with van der Waals surface area (Å²) in [5, 5.41) is 4.14. The molecule has 0 bridgehead atoms. The second kappa shape index (κ2) is 5.99. The number of carbonyl (C=O) groups is 1. The fourth-order valence-corrected chi connectivity index (χ4v) is 2.14. The number of ether oxygens (including phenoxy) is 1. The smallest absolute Gasteiger partial charge is 0.346 e. The molecule has 2 aromatic carbocycles. The third-order valence-electron chi connectivity index (χ3n) is 2.93. The number of hydrogen-bond acceptors (Lipinski definition) is 3. The van der Waals surface area contributed by atoms with E-state index in [4.69, 9.17) is 16.3 Å². The number of rotatable bonds is 3. The minimum Gasteiger partial charge on any atom is -0.402 e. The largest absolute Gasteiger partial charge is 0.402 e. The minimum atomic E-state index is -0.691. The van der Waals surface area contributed by atoms with Crippen molar-refractivity contribution >= 4 is 17.6 Å². The summed E-state index contributed by atoms with van der Waals surface area (Å²) >= 11 is 5.83. The van der Waals surface area contributed by atoms with Crippen molar-refractivity contribution in [2.45, 2.75) is 0 Å². The van der Waals surface area contributed by atoms with Gasteiger partial charge in [-0.05, 0) is 30.3 Å². The first kappa shape index (κ1) is 14.3. The van der Waals surface area contributed by atoms with Crippen LogP contribution < -0.4 is 4.74 Å². The molecule has 0 N–H and O–H groups in total. The van der Waals surface area contributed by atoms with Crippen LogP contribution >= 0.6 is 11.6 Å². The SMILES string of the molecule is O=C(Oc1ccn(-c2ccccc2)n1)c1ccc(F)cc1Cl. The van der Waals surface area contributed by atoms with Crippen LogP contribution in [0.15, 0.2) is 60.8 Å². The number of benzene rings is 2. The molecule has 1 aromatic heterocycles. The lowest BCUT2D eigenvalue weighted by Gasteiger charge is -2.03. The van der Waals surface area contributed by atoms with Gasteiger partial charge in [0.1, 0.15) is 5.82 Å². The van der Waals surface area contributed by atoms with Crippen molar-refractivity contribution in [1.82, 2.24) is 9.78 Å². The van der Waals surface area contributed by atoms with E-state index in [0.717, 1.165) is 17.8 Å². The van der Waals surface area contributed by atoms with Crippen LogP contribution in [0.2, 0.25) is 5.02 Å². The van der Waals surface area contributed by atoms with E-state index >= 15 is 0 Å². The first-order chi connectivity index (χ1) is 10.6. The summed E-state index contributed by atoms with van der Waals surface area (Å²) in [4.78, 5) is 12.0. The highest BCUT2D eigenvalue weighted by Gasteiger charge is 2.15. The number of esters is 1.